The van der Waals surface area contributed by atoms with Crippen LogP contribution >= 0.6 is 0 Å². The molecule has 3 rings (SSSR count). The number of ether oxygens (including phenoxy) is 1. The molecule has 1 N–H and O–H groups in total. The van der Waals surface area contributed by atoms with Gasteiger partial charge in [0.15, 0.2) is 0 Å². The van der Waals surface area contributed by atoms with Crippen molar-refractivity contribution in [3.8, 4) is 0 Å². The zero-order chi connectivity index (χ0) is 10.3. The molecule has 0 amide bonds. The number of nitrogens with one attached hydrogen (secondary N) is 1. The highest BCUT2D eigenvalue weighted by atomic mass is 16.5. The maximum atomic E-state index is 5.79. The fourth-order valence-electron chi connectivity index (χ4n) is 2.91. The zero-order valence-corrected chi connectivity index (χ0v) is 9.54. The second kappa shape index (κ2) is 3.70. The molecular weight excluding hydrogens is 190 g/mol. The molecule has 3 aliphatic heterocycles. The van der Waals surface area contributed by atoms with Crippen molar-refractivity contribution in [2.24, 2.45) is 5.41 Å². The summed E-state index contributed by atoms with van der Waals surface area (Å²) in [6.45, 7) is 8.19. The molecule has 4 heteroatoms. The summed E-state index contributed by atoms with van der Waals surface area (Å²) in [6.07, 6.45) is 1.67. The molecule has 0 radical (unpaired) electrons. The first-order valence-corrected chi connectivity index (χ1v) is 5.99. The van der Waals surface area contributed by atoms with E-state index in [0.717, 1.165) is 13.3 Å². The van der Waals surface area contributed by atoms with Gasteiger partial charge < -0.3 is 10.1 Å². The smallest absolute Gasteiger partial charge is 0.0992 e. The third kappa shape index (κ3) is 1.91. The molecule has 0 saturated carbocycles. The third-order valence-corrected chi connectivity index (χ3v) is 3.94. The quantitative estimate of drug-likeness (QED) is 0.671. The van der Waals surface area contributed by atoms with E-state index in [1.807, 2.05) is 0 Å². The highest BCUT2D eigenvalue weighted by Gasteiger charge is 2.47. The number of likely N-dealkylation sites (tertiary alicyclic amines) is 1. The largest absolute Gasteiger partial charge is 0.361 e. The Balaban J connectivity index is 1.40. The fourth-order valence-corrected chi connectivity index (χ4v) is 2.91. The van der Waals surface area contributed by atoms with Crippen molar-refractivity contribution in [2.75, 3.05) is 53.0 Å². The van der Waals surface area contributed by atoms with Gasteiger partial charge in [-0.3, -0.25) is 9.80 Å². The van der Waals surface area contributed by atoms with Crippen LogP contribution < -0.4 is 5.32 Å². The summed E-state index contributed by atoms with van der Waals surface area (Å²) in [5.41, 5.74) is 0.658. The van der Waals surface area contributed by atoms with Crippen LogP contribution in [-0.4, -0.2) is 69.0 Å². The van der Waals surface area contributed by atoms with E-state index in [4.69, 9.17) is 4.74 Å². The van der Waals surface area contributed by atoms with Crippen LogP contribution in [0.15, 0.2) is 0 Å². The normalized spacial score (nSPS) is 36.2. The minimum absolute atomic E-state index is 0.478. The average Bonchev–Trinajstić information content (AvgIpc) is 2.10. The topological polar surface area (TPSA) is 27.7 Å². The summed E-state index contributed by atoms with van der Waals surface area (Å²) < 4.78 is 5.79. The molecule has 4 nitrogen and oxygen atoms in total. The van der Waals surface area contributed by atoms with E-state index in [1.54, 1.807) is 0 Å². The average molecular weight is 211 g/mol. The van der Waals surface area contributed by atoms with Crippen LogP contribution in [0.25, 0.3) is 0 Å². The highest BCUT2D eigenvalue weighted by molar-refractivity contribution is 5.04. The molecule has 3 saturated heterocycles. The fraction of sp³-hybridized carbons (Fsp3) is 1.00. The second-order valence-electron chi connectivity index (χ2n) is 5.56. The van der Waals surface area contributed by atoms with Gasteiger partial charge in [-0.05, 0) is 13.5 Å². The Hall–Kier alpha value is -0.160. The molecular formula is C11H21N3O. The number of nitrogens with zero attached hydrogens (tertiary/aromatic N) is 2. The van der Waals surface area contributed by atoms with Gasteiger partial charge in [0, 0.05) is 44.7 Å². The van der Waals surface area contributed by atoms with E-state index < -0.39 is 0 Å². The predicted octanol–water partition coefficient (Wildman–Crippen LogP) is -0.430. The molecule has 0 aromatic carbocycles. The van der Waals surface area contributed by atoms with Crippen molar-refractivity contribution in [3.63, 3.8) is 0 Å². The monoisotopic (exact) mass is 211 g/mol. The van der Waals surface area contributed by atoms with Crippen molar-refractivity contribution in [3.05, 3.63) is 0 Å². The number of hydrogen-bond donors (Lipinski definition) is 1. The van der Waals surface area contributed by atoms with Crippen LogP contribution in [0, 0.1) is 5.41 Å². The van der Waals surface area contributed by atoms with E-state index in [9.17, 15) is 0 Å². The zero-order valence-electron chi connectivity index (χ0n) is 9.54. The van der Waals surface area contributed by atoms with E-state index in [2.05, 4.69) is 22.2 Å². The Morgan fingerprint density at radius 3 is 2.73 bits per heavy atom. The van der Waals surface area contributed by atoms with Crippen molar-refractivity contribution >= 4 is 0 Å². The van der Waals surface area contributed by atoms with Crippen molar-refractivity contribution in [2.45, 2.75) is 12.5 Å². The van der Waals surface area contributed by atoms with Gasteiger partial charge in [0.25, 0.3) is 0 Å². The van der Waals surface area contributed by atoms with Gasteiger partial charge in [0.2, 0.25) is 0 Å². The van der Waals surface area contributed by atoms with Crippen LogP contribution in [0.5, 0.6) is 0 Å². The Labute approximate surface area is 91.6 Å². The minimum Gasteiger partial charge on any atom is -0.361 e. The SMILES string of the molecule is CN1CCC(CN2CC3(CNC3)C2)OC1. The first-order valence-electron chi connectivity index (χ1n) is 5.99. The first kappa shape index (κ1) is 10.0. The van der Waals surface area contributed by atoms with E-state index in [0.29, 0.717) is 11.5 Å². The van der Waals surface area contributed by atoms with Gasteiger partial charge >= 0.3 is 0 Å². The molecule has 3 heterocycles. The van der Waals surface area contributed by atoms with E-state index in [1.165, 1.54) is 39.1 Å². The van der Waals surface area contributed by atoms with Gasteiger partial charge in [0.05, 0.1) is 12.8 Å². The van der Waals surface area contributed by atoms with Gasteiger partial charge in [0.1, 0.15) is 0 Å². The lowest BCUT2D eigenvalue weighted by atomic mass is 9.74. The molecule has 0 bridgehead atoms. The predicted molar refractivity (Wildman–Crippen MR) is 58.7 cm³/mol. The molecule has 0 aromatic heterocycles. The molecule has 1 unspecified atom stereocenters. The lowest BCUT2D eigenvalue weighted by molar-refractivity contribution is -0.106. The Kier molecular flexibility index (Phi) is 2.47. The van der Waals surface area contributed by atoms with E-state index in [-0.39, 0.29) is 0 Å². The summed E-state index contributed by atoms with van der Waals surface area (Å²) in [7, 11) is 2.12. The van der Waals surface area contributed by atoms with Gasteiger partial charge in [-0.15, -0.1) is 0 Å². The van der Waals surface area contributed by atoms with Crippen molar-refractivity contribution in [1.82, 2.24) is 15.1 Å². The Morgan fingerprint density at radius 2 is 2.20 bits per heavy atom. The van der Waals surface area contributed by atoms with Crippen LogP contribution in [0.4, 0.5) is 0 Å². The van der Waals surface area contributed by atoms with Crippen LogP contribution in [-0.2, 0) is 4.74 Å². The molecule has 15 heavy (non-hydrogen) atoms. The van der Waals surface area contributed by atoms with Crippen molar-refractivity contribution in [1.29, 1.82) is 0 Å². The summed E-state index contributed by atoms with van der Waals surface area (Å²) in [4.78, 5) is 4.79. The maximum absolute atomic E-state index is 5.79. The third-order valence-electron chi connectivity index (χ3n) is 3.94. The molecule has 3 fully saturated rings. The summed E-state index contributed by atoms with van der Waals surface area (Å²) in [5, 5.41) is 3.37. The summed E-state index contributed by atoms with van der Waals surface area (Å²) >= 11 is 0. The molecule has 1 atom stereocenters. The lowest BCUT2D eigenvalue weighted by Crippen LogP contribution is -2.71. The minimum atomic E-state index is 0.478. The molecule has 86 valence electrons. The number of rotatable bonds is 2. The lowest BCUT2D eigenvalue weighted by Gasteiger charge is -2.57. The number of hydrogen-bond acceptors (Lipinski definition) is 4. The summed E-state index contributed by atoms with van der Waals surface area (Å²) in [5.74, 6) is 0. The molecule has 1 spiro atoms. The van der Waals surface area contributed by atoms with Gasteiger partial charge in [-0.25, -0.2) is 0 Å². The molecule has 0 aliphatic carbocycles. The first-order chi connectivity index (χ1) is 7.26. The van der Waals surface area contributed by atoms with E-state index >= 15 is 0 Å². The second-order valence-corrected chi connectivity index (χ2v) is 5.56. The maximum Gasteiger partial charge on any atom is 0.0992 e. The van der Waals surface area contributed by atoms with Gasteiger partial charge in [-0.2, -0.15) is 0 Å². The highest BCUT2D eigenvalue weighted by Crippen LogP contribution is 2.34. The molecule has 0 aromatic rings. The Morgan fingerprint density at radius 1 is 1.40 bits per heavy atom. The van der Waals surface area contributed by atoms with Gasteiger partial charge in [-0.1, -0.05) is 0 Å². The van der Waals surface area contributed by atoms with Crippen LogP contribution in [0.2, 0.25) is 0 Å². The standard InChI is InChI=1S/C11H21N3O/c1-13-3-2-10(15-9-13)4-14-7-11(8-14)5-12-6-11/h10,12H,2-9H2,1H3. The summed E-state index contributed by atoms with van der Waals surface area (Å²) in [6, 6.07) is 0. The Bertz CT molecular complexity index is 226. The van der Waals surface area contributed by atoms with Crippen LogP contribution in [0.1, 0.15) is 6.42 Å². The van der Waals surface area contributed by atoms with Crippen molar-refractivity contribution < 1.29 is 4.74 Å². The molecule has 3 aliphatic rings. The van der Waals surface area contributed by atoms with Crippen LogP contribution in [0.3, 0.4) is 0 Å².